The van der Waals surface area contributed by atoms with E-state index in [9.17, 15) is 4.79 Å². The van der Waals surface area contributed by atoms with Gasteiger partial charge in [0, 0.05) is 12.6 Å². The fraction of sp³-hybridized carbons (Fsp3) is 0.385. The molecule has 0 saturated carbocycles. The predicted octanol–water partition coefficient (Wildman–Crippen LogP) is 6.18. The first kappa shape index (κ1) is 20.4. The molecule has 0 spiro atoms. The summed E-state index contributed by atoms with van der Waals surface area (Å²) in [6.45, 7) is 11.5. The number of aromatic nitrogens is 1. The minimum atomic E-state index is -0.287. The van der Waals surface area contributed by atoms with E-state index in [1.54, 1.807) is 18.3 Å². The van der Waals surface area contributed by atoms with Crippen LogP contribution in [0.25, 0.3) is 0 Å². The quantitative estimate of drug-likeness (QED) is 0.567. The van der Waals surface area contributed by atoms with Crippen LogP contribution in [0.1, 0.15) is 79.1 Å². The number of nitrogens with zero attached hydrogens (tertiary/aromatic N) is 1. The fourth-order valence-electron chi connectivity index (χ4n) is 4.35. The van der Waals surface area contributed by atoms with Crippen LogP contribution in [0.3, 0.4) is 0 Å². The highest BCUT2D eigenvalue weighted by molar-refractivity contribution is 6.01. The van der Waals surface area contributed by atoms with Gasteiger partial charge in [-0.3, -0.25) is 4.79 Å². The van der Waals surface area contributed by atoms with E-state index in [1.165, 1.54) is 35.1 Å². The Morgan fingerprint density at radius 3 is 2.40 bits per heavy atom. The highest BCUT2D eigenvalue weighted by Crippen LogP contribution is 2.46. The van der Waals surface area contributed by atoms with E-state index >= 15 is 0 Å². The van der Waals surface area contributed by atoms with E-state index in [2.05, 4.69) is 57.1 Å². The van der Waals surface area contributed by atoms with Crippen LogP contribution in [0.4, 0.5) is 5.82 Å². The van der Waals surface area contributed by atoms with E-state index in [4.69, 9.17) is 4.42 Å². The molecule has 1 N–H and O–H groups in total. The lowest BCUT2D eigenvalue weighted by atomic mass is 9.62. The first-order valence-electron chi connectivity index (χ1n) is 10.6. The zero-order chi connectivity index (χ0) is 21.5. The molecule has 1 amide bonds. The first-order valence-corrected chi connectivity index (χ1v) is 10.6. The molecule has 2 aromatic heterocycles. The standard InChI is InChI=1S/C26H30N2O2/c1-17-14-20-21(26(4,5)12-11-25(20,2)3)16-18(17)15-19-9-10-22(30-19)24(29)28-23-8-6-7-13-27-23/h6-10,13-14,16H,11-12,15H2,1-5H3,(H,27,28,29). The Morgan fingerprint density at radius 2 is 1.73 bits per heavy atom. The van der Waals surface area contributed by atoms with Crippen LogP contribution in [0, 0.1) is 6.92 Å². The number of nitrogens with one attached hydrogen (secondary N) is 1. The lowest BCUT2D eigenvalue weighted by molar-refractivity contribution is 0.0994. The molecule has 156 valence electrons. The summed E-state index contributed by atoms with van der Waals surface area (Å²) in [6.07, 6.45) is 4.71. The van der Waals surface area contributed by atoms with Gasteiger partial charge in [-0.05, 0) is 77.1 Å². The number of hydrogen-bond donors (Lipinski definition) is 1. The molecule has 1 aliphatic rings. The lowest BCUT2D eigenvalue weighted by Gasteiger charge is -2.42. The molecule has 0 radical (unpaired) electrons. The molecule has 0 fully saturated rings. The van der Waals surface area contributed by atoms with E-state index in [-0.39, 0.29) is 16.7 Å². The third-order valence-corrected chi connectivity index (χ3v) is 6.47. The number of benzene rings is 1. The van der Waals surface area contributed by atoms with Gasteiger partial charge in [0.2, 0.25) is 0 Å². The second-order valence-corrected chi connectivity index (χ2v) is 9.70. The molecule has 4 heteroatoms. The van der Waals surface area contributed by atoms with Gasteiger partial charge in [-0.25, -0.2) is 4.98 Å². The van der Waals surface area contributed by atoms with Crippen molar-refractivity contribution in [3.63, 3.8) is 0 Å². The van der Waals surface area contributed by atoms with Crippen molar-refractivity contribution in [3.05, 3.63) is 82.4 Å². The zero-order valence-corrected chi connectivity index (χ0v) is 18.5. The van der Waals surface area contributed by atoms with Crippen molar-refractivity contribution < 1.29 is 9.21 Å². The maximum absolute atomic E-state index is 12.5. The molecule has 1 aromatic carbocycles. The number of pyridine rings is 1. The molecule has 0 atom stereocenters. The Morgan fingerprint density at radius 1 is 1.03 bits per heavy atom. The summed E-state index contributed by atoms with van der Waals surface area (Å²) in [7, 11) is 0. The van der Waals surface area contributed by atoms with Gasteiger partial charge in [-0.15, -0.1) is 0 Å². The van der Waals surface area contributed by atoms with Gasteiger partial charge in [-0.1, -0.05) is 45.9 Å². The molecule has 0 saturated heterocycles. The molecular weight excluding hydrogens is 372 g/mol. The van der Waals surface area contributed by atoms with Crippen molar-refractivity contribution in [2.24, 2.45) is 0 Å². The maximum Gasteiger partial charge on any atom is 0.292 e. The Kier molecular flexibility index (Phi) is 5.05. The van der Waals surface area contributed by atoms with Crippen molar-refractivity contribution in [1.82, 2.24) is 4.98 Å². The van der Waals surface area contributed by atoms with Crippen molar-refractivity contribution in [2.45, 2.75) is 64.7 Å². The number of aryl methyl sites for hydroxylation is 1. The number of anilines is 1. The second-order valence-electron chi connectivity index (χ2n) is 9.70. The smallest absolute Gasteiger partial charge is 0.292 e. The summed E-state index contributed by atoms with van der Waals surface area (Å²) in [5.74, 6) is 1.31. The van der Waals surface area contributed by atoms with Gasteiger partial charge in [0.15, 0.2) is 5.76 Å². The highest BCUT2D eigenvalue weighted by atomic mass is 16.3. The number of hydrogen-bond acceptors (Lipinski definition) is 3. The SMILES string of the molecule is Cc1cc2c(cc1Cc1ccc(C(=O)Nc3ccccn3)o1)C(C)(C)CCC2(C)C. The monoisotopic (exact) mass is 402 g/mol. The second kappa shape index (κ2) is 7.42. The van der Waals surface area contributed by atoms with E-state index in [1.807, 2.05) is 18.2 Å². The number of furan rings is 1. The van der Waals surface area contributed by atoms with E-state index in [0.29, 0.717) is 18.0 Å². The normalized spacial score (nSPS) is 16.7. The number of carbonyl (C=O) groups is 1. The Bertz CT molecular complexity index is 1080. The van der Waals surface area contributed by atoms with Crippen LogP contribution in [0.5, 0.6) is 0 Å². The summed E-state index contributed by atoms with van der Waals surface area (Å²) in [4.78, 5) is 16.6. The molecule has 0 unspecified atom stereocenters. The van der Waals surface area contributed by atoms with Gasteiger partial charge in [0.1, 0.15) is 11.6 Å². The molecule has 4 nitrogen and oxygen atoms in total. The third kappa shape index (κ3) is 3.91. The average molecular weight is 403 g/mol. The predicted molar refractivity (Wildman–Crippen MR) is 120 cm³/mol. The average Bonchev–Trinajstić information content (AvgIpc) is 3.16. The topological polar surface area (TPSA) is 55.1 Å². The van der Waals surface area contributed by atoms with Crippen molar-refractivity contribution >= 4 is 11.7 Å². The van der Waals surface area contributed by atoms with Gasteiger partial charge in [0.05, 0.1) is 0 Å². The van der Waals surface area contributed by atoms with E-state index < -0.39 is 0 Å². The van der Waals surface area contributed by atoms with E-state index in [0.717, 1.165) is 5.76 Å². The molecule has 2 heterocycles. The molecule has 0 bridgehead atoms. The molecule has 0 aliphatic heterocycles. The number of fused-ring (bicyclic) bond motifs is 1. The van der Waals surface area contributed by atoms with Gasteiger partial charge >= 0.3 is 0 Å². The number of rotatable bonds is 4. The molecule has 3 aromatic rings. The fourth-order valence-corrected chi connectivity index (χ4v) is 4.35. The van der Waals surface area contributed by atoms with Crippen LogP contribution in [0.15, 0.2) is 53.1 Å². The van der Waals surface area contributed by atoms with Crippen molar-refractivity contribution in [3.8, 4) is 0 Å². The summed E-state index contributed by atoms with van der Waals surface area (Å²) in [6, 6.07) is 13.7. The molecule has 30 heavy (non-hydrogen) atoms. The van der Waals surface area contributed by atoms with Crippen molar-refractivity contribution in [2.75, 3.05) is 5.32 Å². The zero-order valence-electron chi connectivity index (χ0n) is 18.5. The summed E-state index contributed by atoms with van der Waals surface area (Å²) in [5, 5.41) is 2.76. The van der Waals surface area contributed by atoms with Crippen LogP contribution < -0.4 is 5.32 Å². The van der Waals surface area contributed by atoms with Crippen LogP contribution >= 0.6 is 0 Å². The number of carbonyl (C=O) groups excluding carboxylic acids is 1. The minimum Gasteiger partial charge on any atom is -0.456 e. The van der Waals surface area contributed by atoms with Crippen LogP contribution in [0.2, 0.25) is 0 Å². The Hall–Kier alpha value is -2.88. The summed E-state index contributed by atoms with van der Waals surface area (Å²) < 4.78 is 5.87. The van der Waals surface area contributed by atoms with Gasteiger partial charge in [0.25, 0.3) is 5.91 Å². The third-order valence-electron chi connectivity index (χ3n) is 6.47. The molecule has 4 rings (SSSR count). The van der Waals surface area contributed by atoms with Crippen LogP contribution in [-0.4, -0.2) is 10.9 Å². The van der Waals surface area contributed by atoms with Crippen molar-refractivity contribution in [1.29, 1.82) is 0 Å². The largest absolute Gasteiger partial charge is 0.456 e. The van der Waals surface area contributed by atoms with Crippen LogP contribution in [-0.2, 0) is 17.3 Å². The van der Waals surface area contributed by atoms with Gasteiger partial charge in [-0.2, -0.15) is 0 Å². The lowest BCUT2D eigenvalue weighted by Crippen LogP contribution is -2.34. The summed E-state index contributed by atoms with van der Waals surface area (Å²) in [5.41, 5.74) is 5.81. The maximum atomic E-state index is 12.5. The molecule has 1 aliphatic carbocycles. The Labute approximate surface area is 178 Å². The Balaban J connectivity index is 1.58. The summed E-state index contributed by atoms with van der Waals surface area (Å²) >= 11 is 0. The minimum absolute atomic E-state index is 0.171. The first-order chi connectivity index (χ1) is 14.2. The van der Waals surface area contributed by atoms with Gasteiger partial charge < -0.3 is 9.73 Å². The number of amides is 1. The molecular formula is C26H30N2O2. The highest BCUT2D eigenvalue weighted by Gasteiger charge is 2.37.